The van der Waals surface area contributed by atoms with Crippen molar-refractivity contribution in [3.63, 3.8) is 0 Å². The van der Waals surface area contributed by atoms with E-state index in [-0.39, 0.29) is 12.5 Å². The molecule has 2 rings (SSSR count). The third kappa shape index (κ3) is 6.67. The number of benzene rings is 2. The summed E-state index contributed by atoms with van der Waals surface area (Å²) < 4.78 is 5.67. The lowest BCUT2D eigenvalue weighted by Crippen LogP contribution is -2.44. The molecule has 1 N–H and O–H groups in total. The van der Waals surface area contributed by atoms with Crippen LogP contribution < -0.4 is 10.1 Å². The zero-order valence-corrected chi connectivity index (χ0v) is 17.6. The number of hydrogen-bond donors (Lipinski definition) is 1. The minimum absolute atomic E-state index is 0.151. The zero-order chi connectivity index (χ0) is 21.4. The summed E-state index contributed by atoms with van der Waals surface area (Å²) in [5.41, 5.74) is 0.816. The molecule has 0 saturated carbocycles. The van der Waals surface area contributed by atoms with E-state index in [0.717, 1.165) is 0 Å². The van der Waals surface area contributed by atoms with Crippen molar-refractivity contribution in [3.8, 4) is 11.8 Å². The number of carbonyl (C=O) groups is 2. The van der Waals surface area contributed by atoms with Crippen LogP contribution in [-0.4, -0.2) is 35.9 Å². The minimum atomic E-state index is -0.821. The van der Waals surface area contributed by atoms with Crippen LogP contribution in [0.4, 0.5) is 5.69 Å². The summed E-state index contributed by atoms with van der Waals surface area (Å²) >= 11 is 12.0. The highest BCUT2D eigenvalue weighted by atomic mass is 35.5. The fourth-order valence-corrected chi connectivity index (χ4v) is 2.98. The number of carbonyl (C=O) groups excluding carboxylic acids is 2. The summed E-state index contributed by atoms with van der Waals surface area (Å²) in [5.74, 6) is -0.312. The van der Waals surface area contributed by atoms with Crippen LogP contribution in [0.5, 0.6) is 5.75 Å². The molecule has 0 aliphatic carbocycles. The van der Waals surface area contributed by atoms with E-state index in [1.807, 2.05) is 13.0 Å². The fourth-order valence-electron chi connectivity index (χ4n) is 2.64. The molecular weight excluding hydrogens is 413 g/mol. The Morgan fingerprint density at radius 3 is 2.69 bits per heavy atom. The maximum atomic E-state index is 12.8. The molecule has 152 valence electrons. The van der Waals surface area contributed by atoms with Crippen LogP contribution in [0.1, 0.15) is 25.8 Å². The third-order valence-corrected chi connectivity index (χ3v) is 4.53. The van der Waals surface area contributed by atoms with Crippen molar-refractivity contribution < 1.29 is 14.3 Å². The van der Waals surface area contributed by atoms with Gasteiger partial charge in [-0.15, -0.1) is 0 Å². The predicted octanol–water partition coefficient (Wildman–Crippen LogP) is 4.51. The Morgan fingerprint density at radius 2 is 2.00 bits per heavy atom. The quantitative estimate of drug-likeness (QED) is 0.663. The lowest BCUT2D eigenvalue weighted by atomic mass is 10.2. The molecule has 1 atom stereocenters. The summed E-state index contributed by atoms with van der Waals surface area (Å²) in [6.45, 7) is 3.76. The van der Waals surface area contributed by atoms with Gasteiger partial charge in [0.1, 0.15) is 5.75 Å². The van der Waals surface area contributed by atoms with Gasteiger partial charge in [0.15, 0.2) is 6.10 Å². The van der Waals surface area contributed by atoms with Gasteiger partial charge in [0.2, 0.25) is 5.91 Å². The monoisotopic (exact) mass is 433 g/mol. The van der Waals surface area contributed by atoms with E-state index in [9.17, 15) is 9.59 Å². The number of amides is 2. The zero-order valence-electron chi connectivity index (χ0n) is 16.1. The van der Waals surface area contributed by atoms with Gasteiger partial charge in [0.25, 0.3) is 5.91 Å². The van der Waals surface area contributed by atoms with Crippen LogP contribution in [0.2, 0.25) is 10.0 Å². The number of rotatable bonds is 8. The van der Waals surface area contributed by atoms with Crippen molar-refractivity contribution in [1.29, 1.82) is 5.26 Å². The maximum Gasteiger partial charge on any atom is 0.263 e. The molecule has 2 aromatic carbocycles. The summed E-state index contributed by atoms with van der Waals surface area (Å²) in [5, 5.41) is 12.4. The second-order valence-electron chi connectivity index (χ2n) is 6.33. The number of nitriles is 1. The molecule has 0 aliphatic rings. The average Bonchev–Trinajstić information content (AvgIpc) is 2.70. The fraction of sp³-hybridized carbons (Fsp3) is 0.286. The van der Waals surface area contributed by atoms with E-state index in [0.29, 0.717) is 40.0 Å². The normalized spacial score (nSPS) is 11.3. The molecule has 0 heterocycles. The molecule has 0 saturated heterocycles. The molecule has 0 radical (unpaired) electrons. The molecule has 0 aliphatic heterocycles. The first kappa shape index (κ1) is 22.5. The van der Waals surface area contributed by atoms with Gasteiger partial charge in [0, 0.05) is 11.6 Å². The van der Waals surface area contributed by atoms with Crippen LogP contribution in [0.15, 0.2) is 42.5 Å². The Balaban J connectivity index is 2.04. The second-order valence-corrected chi connectivity index (χ2v) is 7.18. The van der Waals surface area contributed by atoms with Crippen LogP contribution >= 0.6 is 23.2 Å². The molecule has 0 aromatic heterocycles. The van der Waals surface area contributed by atoms with Gasteiger partial charge in [-0.25, -0.2) is 0 Å². The minimum Gasteiger partial charge on any atom is -0.481 e. The topological polar surface area (TPSA) is 82.4 Å². The van der Waals surface area contributed by atoms with Crippen molar-refractivity contribution >= 4 is 40.7 Å². The van der Waals surface area contributed by atoms with Crippen LogP contribution in [-0.2, 0) is 9.59 Å². The van der Waals surface area contributed by atoms with Crippen molar-refractivity contribution in [2.45, 2.75) is 26.4 Å². The van der Waals surface area contributed by atoms with Crippen molar-refractivity contribution in [2.75, 3.05) is 18.4 Å². The Hall–Kier alpha value is -2.75. The highest BCUT2D eigenvalue weighted by Crippen LogP contribution is 2.25. The number of nitrogens with one attached hydrogen (secondary N) is 1. The van der Waals surface area contributed by atoms with E-state index in [1.54, 1.807) is 49.4 Å². The van der Waals surface area contributed by atoms with Gasteiger partial charge < -0.3 is 15.0 Å². The molecule has 2 amide bonds. The molecule has 29 heavy (non-hydrogen) atoms. The third-order valence-electron chi connectivity index (χ3n) is 3.97. The molecule has 0 spiro atoms. The number of nitrogens with zero attached hydrogens (tertiary/aromatic N) is 2. The first-order chi connectivity index (χ1) is 13.8. The summed E-state index contributed by atoms with van der Waals surface area (Å²) in [6.07, 6.45) is -0.147. The number of halogens is 2. The van der Waals surface area contributed by atoms with Crippen LogP contribution in [0.25, 0.3) is 0 Å². The molecule has 6 nitrogen and oxygen atoms in total. The van der Waals surface area contributed by atoms with Crippen LogP contribution in [0.3, 0.4) is 0 Å². The Morgan fingerprint density at radius 1 is 1.24 bits per heavy atom. The largest absolute Gasteiger partial charge is 0.481 e. The SMILES string of the molecule is CCCN(CC(=O)Nc1cc(Cl)ccc1Cl)C(=O)C(C)Oc1cccc(C#N)c1. The summed E-state index contributed by atoms with van der Waals surface area (Å²) in [7, 11) is 0. The smallest absolute Gasteiger partial charge is 0.263 e. The lowest BCUT2D eigenvalue weighted by molar-refractivity contribution is -0.140. The van der Waals surface area contributed by atoms with Gasteiger partial charge in [-0.05, 0) is 49.7 Å². The van der Waals surface area contributed by atoms with E-state index in [2.05, 4.69) is 5.32 Å². The average molecular weight is 434 g/mol. The van der Waals surface area contributed by atoms with E-state index < -0.39 is 12.0 Å². The van der Waals surface area contributed by atoms with E-state index in [4.69, 9.17) is 33.2 Å². The molecule has 1 unspecified atom stereocenters. The Labute approximate surface area is 180 Å². The Bertz CT molecular complexity index is 928. The molecule has 8 heteroatoms. The van der Waals surface area contributed by atoms with E-state index in [1.165, 1.54) is 4.90 Å². The van der Waals surface area contributed by atoms with Gasteiger partial charge in [-0.2, -0.15) is 5.26 Å². The number of hydrogen-bond acceptors (Lipinski definition) is 4. The van der Waals surface area contributed by atoms with Crippen LogP contribution in [0, 0.1) is 11.3 Å². The highest BCUT2D eigenvalue weighted by molar-refractivity contribution is 6.35. The van der Waals surface area contributed by atoms with Gasteiger partial charge in [0.05, 0.1) is 28.9 Å². The summed E-state index contributed by atoms with van der Waals surface area (Å²) in [6, 6.07) is 13.3. The molecule has 0 bridgehead atoms. The lowest BCUT2D eigenvalue weighted by Gasteiger charge is -2.25. The van der Waals surface area contributed by atoms with Crippen molar-refractivity contribution in [1.82, 2.24) is 4.90 Å². The van der Waals surface area contributed by atoms with Gasteiger partial charge in [-0.1, -0.05) is 36.2 Å². The first-order valence-electron chi connectivity index (χ1n) is 9.04. The standard InChI is InChI=1S/C21H21Cl2N3O3/c1-3-9-26(13-20(27)25-19-11-16(22)7-8-18(19)23)21(28)14(2)29-17-6-4-5-15(10-17)12-24/h4-8,10-11,14H,3,9,13H2,1-2H3,(H,25,27). The first-order valence-corrected chi connectivity index (χ1v) is 9.80. The Kier molecular flexibility index (Phi) is 8.32. The number of anilines is 1. The van der Waals surface area contributed by atoms with E-state index >= 15 is 0 Å². The highest BCUT2D eigenvalue weighted by Gasteiger charge is 2.24. The molecule has 0 fully saturated rings. The van der Waals surface area contributed by atoms with Crippen molar-refractivity contribution in [3.05, 3.63) is 58.1 Å². The molecular formula is C21H21Cl2N3O3. The second kappa shape index (κ2) is 10.7. The van der Waals surface area contributed by atoms with Gasteiger partial charge >= 0.3 is 0 Å². The van der Waals surface area contributed by atoms with Crippen molar-refractivity contribution in [2.24, 2.45) is 0 Å². The molecule has 2 aromatic rings. The predicted molar refractivity (Wildman–Crippen MR) is 113 cm³/mol. The number of ether oxygens (including phenoxy) is 1. The maximum absolute atomic E-state index is 12.8. The summed E-state index contributed by atoms with van der Waals surface area (Å²) in [4.78, 5) is 26.7. The van der Waals surface area contributed by atoms with Gasteiger partial charge in [-0.3, -0.25) is 9.59 Å².